The van der Waals surface area contributed by atoms with Crippen molar-refractivity contribution in [1.29, 1.82) is 5.26 Å². The Balaban J connectivity index is 0.00000341. The standard InChI is InChI=1S/C22H26N8.HI/c1-25-22(28-15-12-17-8-5-6-13-26-17)27-14-7-11-20-19(16-23)21(24)30(29-20)18-9-3-2-4-10-18;/h2-6,8-10,13H,7,11-12,14-15,24H2,1H3,(H2,25,27,28);1H. The van der Waals surface area contributed by atoms with Crippen LogP contribution >= 0.6 is 24.0 Å². The van der Waals surface area contributed by atoms with Crippen molar-refractivity contribution in [3.63, 3.8) is 0 Å². The molecule has 31 heavy (non-hydrogen) atoms. The van der Waals surface area contributed by atoms with E-state index in [1.54, 1.807) is 17.9 Å². The first-order valence-electron chi connectivity index (χ1n) is 9.90. The molecule has 162 valence electrons. The minimum atomic E-state index is 0. The van der Waals surface area contributed by atoms with Crippen LogP contribution in [-0.2, 0) is 12.8 Å². The third-order valence-electron chi connectivity index (χ3n) is 4.61. The van der Waals surface area contributed by atoms with E-state index in [-0.39, 0.29) is 24.0 Å². The predicted octanol–water partition coefficient (Wildman–Crippen LogP) is 2.68. The maximum Gasteiger partial charge on any atom is 0.190 e. The minimum absolute atomic E-state index is 0. The Labute approximate surface area is 199 Å². The molecule has 0 fully saturated rings. The van der Waals surface area contributed by atoms with Crippen LogP contribution in [0, 0.1) is 11.3 Å². The molecule has 0 unspecified atom stereocenters. The van der Waals surface area contributed by atoms with Gasteiger partial charge < -0.3 is 16.4 Å². The summed E-state index contributed by atoms with van der Waals surface area (Å²) >= 11 is 0. The van der Waals surface area contributed by atoms with Gasteiger partial charge in [0.05, 0.1) is 11.4 Å². The largest absolute Gasteiger partial charge is 0.382 e. The number of aryl methyl sites for hydroxylation is 1. The first-order chi connectivity index (χ1) is 14.7. The van der Waals surface area contributed by atoms with Crippen molar-refractivity contribution in [2.75, 3.05) is 25.9 Å². The van der Waals surface area contributed by atoms with Crippen molar-refractivity contribution >= 4 is 35.8 Å². The Morgan fingerprint density at radius 1 is 1.10 bits per heavy atom. The van der Waals surface area contributed by atoms with Crippen LogP contribution in [0.25, 0.3) is 5.69 Å². The molecule has 2 aromatic heterocycles. The number of nitrogens with two attached hydrogens (primary N) is 1. The van der Waals surface area contributed by atoms with Crippen molar-refractivity contribution in [1.82, 2.24) is 25.4 Å². The van der Waals surface area contributed by atoms with Gasteiger partial charge in [-0.25, -0.2) is 4.68 Å². The third-order valence-corrected chi connectivity index (χ3v) is 4.61. The summed E-state index contributed by atoms with van der Waals surface area (Å²) in [5.74, 6) is 1.11. The highest BCUT2D eigenvalue weighted by molar-refractivity contribution is 14.0. The lowest BCUT2D eigenvalue weighted by Gasteiger charge is -2.11. The van der Waals surface area contributed by atoms with Gasteiger partial charge >= 0.3 is 0 Å². The molecule has 0 aliphatic carbocycles. The smallest absolute Gasteiger partial charge is 0.190 e. The Hall–Kier alpha value is -3.13. The van der Waals surface area contributed by atoms with Gasteiger partial charge in [0.1, 0.15) is 17.5 Å². The summed E-state index contributed by atoms with van der Waals surface area (Å²) in [6.45, 7) is 1.44. The molecule has 3 aromatic rings. The maximum absolute atomic E-state index is 9.50. The van der Waals surface area contributed by atoms with E-state index >= 15 is 0 Å². The molecule has 0 saturated carbocycles. The molecular weight excluding hydrogens is 503 g/mol. The fourth-order valence-electron chi connectivity index (χ4n) is 3.08. The molecule has 4 N–H and O–H groups in total. The zero-order valence-corrected chi connectivity index (χ0v) is 19.8. The Morgan fingerprint density at radius 3 is 2.52 bits per heavy atom. The van der Waals surface area contributed by atoms with Crippen LogP contribution in [0.2, 0.25) is 0 Å². The summed E-state index contributed by atoms with van der Waals surface area (Å²) in [6, 6.07) is 17.7. The second kappa shape index (κ2) is 12.5. The van der Waals surface area contributed by atoms with E-state index in [4.69, 9.17) is 5.73 Å². The fraction of sp³-hybridized carbons (Fsp3) is 0.273. The molecule has 3 rings (SSSR count). The normalized spacial score (nSPS) is 10.8. The predicted molar refractivity (Wildman–Crippen MR) is 134 cm³/mol. The lowest BCUT2D eigenvalue weighted by Crippen LogP contribution is -2.38. The minimum Gasteiger partial charge on any atom is -0.382 e. The van der Waals surface area contributed by atoms with E-state index in [1.807, 2.05) is 48.5 Å². The number of para-hydroxylation sites is 1. The molecule has 0 spiro atoms. The summed E-state index contributed by atoms with van der Waals surface area (Å²) in [4.78, 5) is 8.55. The number of pyridine rings is 1. The SMILES string of the molecule is CN=C(NCCCc1nn(-c2ccccc2)c(N)c1C#N)NCCc1ccccn1.I. The number of rotatable bonds is 8. The van der Waals surface area contributed by atoms with Gasteiger partial charge in [-0.15, -0.1) is 24.0 Å². The number of nitrogens with zero attached hydrogens (tertiary/aromatic N) is 5. The summed E-state index contributed by atoms with van der Waals surface area (Å²) in [5, 5.41) is 20.6. The highest BCUT2D eigenvalue weighted by atomic mass is 127. The fourth-order valence-corrected chi connectivity index (χ4v) is 3.08. The van der Waals surface area contributed by atoms with Crippen LogP contribution in [0.3, 0.4) is 0 Å². The summed E-state index contributed by atoms with van der Waals surface area (Å²) < 4.78 is 1.62. The average molecular weight is 530 g/mol. The molecule has 0 aliphatic heterocycles. The molecule has 1 aromatic carbocycles. The van der Waals surface area contributed by atoms with Crippen LogP contribution in [0.4, 0.5) is 5.82 Å². The number of anilines is 1. The van der Waals surface area contributed by atoms with Gasteiger partial charge in [-0.3, -0.25) is 9.98 Å². The van der Waals surface area contributed by atoms with Crippen molar-refractivity contribution in [3.8, 4) is 11.8 Å². The van der Waals surface area contributed by atoms with Crippen LogP contribution in [0.15, 0.2) is 59.7 Å². The van der Waals surface area contributed by atoms with Crippen molar-refractivity contribution in [3.05, 3.63) is 71.7 Å². The van der Waals surface area contributed by atoms with Gasteiger partial charge in [0.25, 0.3) is 0 Å². The Morgan fingerprint density at radius 2 is 1.84 bits per heavy atom. The van der Waals surface area contributed by atoms with Crippen molar-refractivity contribution in [2.24, 2.45) is 4.99 Å². The lowest BCUT2D eigenvalue weighted by atomic mass is 10.1. The number of nitriles is 1. The zero-order valence-electron chi connectivity index (χ0n) is 17.5. The highest BCUT2D eigenvalue weighted by Gasteiger charge is 2.16. The van der Waals surface area contributed by atoms with Crippen molar-refractivity contribution in [2.45, 2.75) is 19.3 Å². The first kappa shape index (κ1) is 24.1. The zero-order chi connectivity index (χ0) is 21.2. The molecule has 8 nitrogen and oxygen atoms in total. The Kier molecular flexibility index (Phi) is 9.77. The quantitative estimate of drug-likeness (QED) is 0.179. The molecule has 0 radical (unpaired) electrons. The number of nitrogens with one attached hydrogen (secondary N) is 2. The number of nitrogen functional groups attached to an aromatic ring is 1. The molecule has 2 heterocycles. The van der Waals surface area contributed by atoms with Crippen molar-refractivity contribution < 1.29 is 0 Å². The number of aliphatic imine (C=N–C) groups is 1. The lowest BCUT2D eigenvalue weighted by molar-refractivity contribution is 0.718. The summed E-state index contributed by atoms with van der Waals surface area (Å²) in [6.07, 6.45) is 4.05. The average Bonchev–Trinajstić information content (AvgIpc) is 3.11. The molecule has 0 amide bonds. The highest BCUT2D eigenvalue weighted by Crippen LogP contribution is 2.21. The summed E-state index contributed by atoms with van der Waals surface area (Å²) in [7, 11) is 1.74. The third kappa shape index (κ3) is 6.68. The molecule has 0 saturated heterocycles. The van der Waals surface area contributed by atoms with E-state index in [1.165, 1.54) is 0 Å². The number of hydrogen-bond acceptors (Lipinski definition) is 5. The van der Waals surface area contributed by atoms with E-state index in [0.29, 0.717) is 30.0 Å². The van der Waals surface area contributed by atoms with Crippen LogP contribution in [0.5, 0.6) is 0 Å². The second-order valence-electron chi connectivity index (χ2n) is 6.67. The van der Waals surface area contributed by atoms with E-state index < -0.39 is 0 Å². The van der Waals surface area contributed by atoms with E-state index in [0.717, 1.165) is 36.7 Å². The van der Waals surface area contributed by atoms with Gasteiger partial charge in [0.2, 0.25) is 0 Å². The van der Waals surface area contributed by atoms with Gasteiger partial charge in [-0.2, -0.15) is 10.4 Å². The molecular formula is C22H27IN8. The number of halogens is 1. The van der Waals surface area contributed by atoms with Gasteiger partial charge in [-0.05, 0) is 37.1 Å². The molecule has 9 heteroatoms. The van der Waals surface area contributed by atoms with Crippen LogP contribution in [-0.4, -0.2) is 40.9 Å². The van der Waals surface area contributed by atoms with Gasteiger partial charge in [0, 0.05) is 38.4 Å². The number of guanidine groups is 1. The van der Waals surface area contributed by atoms with E-state index in [9.17, 15) is 5.26 Å². The summed E-state index contributed by atoms with van der Waals surface area (Å²) in [5.41, 5.74) is 9.18. The first-order valence-corrected chi connectivity index (χ1v) is 9.90. The van der Waals surface area contributed by atoms with Gasteiger partial charge in [-0.1, -0.05) is 24.3 Å². The molecule has 0 aliphatic rings. The van der Waals surface area contributed by atoms with Crippen LogP contribution in [0.1, 0.15) is 23.4 Å². The Bertz CT molecular complexity index is 1010. The second-order valence-corrected chi connectivity index (χ2v) is 6.67. The number of benzene rings is 1. The maximum atomic E-state index is 9.50. The monoisotopic (exact) mass is 530 g/mol. The van der Waals surface area contributed by atoms with Crippen LogP contribution < -0.4 is 16.4 Å². The number of aromatic nitrogens is 3. The van der Waals surface area contributed by atoms with E-state index in [2.05, 4.69) is 31.8 Å². The topological polar surface area (TPSA) is 117 Å². The number of hydrogen-bond donors (Lipinski definition) is 3. The van der Waals surface area contributed by atoms with Gasteiger partial charge in [0.15, 0.2) is 5.96 Å². The molecule has 0 bridgehead atoms. The molecule has 0 atom stereocenters.